The normalized spacial score (nSPS) is 22.6. The van der Waals surface area contributed by atoms with E-state index in [1.807, 2.05) is 0 Å². The molecule has 17 heavy (non-hydrogen) atoms. The summed E-state index contributed by atoms with van der Waals surface area (Å²) in [5.41, 5.74) is 0. The van der Waals surface area contributed by atoms with Gasteiger partial charge in [0.25, 0.3) is 0 Å². The highest BCUT2D eigenvalue weighted by atomic mass is 16.1. The SMILES string of the molecule is CC(=O)NCCN1CCC(NCC2CC2)CC1. The zero-order valence-corrected chi connectivity index (χ0v) is 10.9. The second-order valence-corrected chi connectivity index (χ2v) is 5.45. The van der Waals surface area contributed by atoms with Gasteiger partial charge >= 0.3 is 0 Å². The molecule has 2 rings (SSSR count). The highest BCUT2D eigenvalue weighted by Crippen LogP contribution is 2.28. The first kappa shape index (κ1) is 12.8. The Balaban J connectivity index is 1.52. The van der Waals surface area contributed by atoms with Gasteiger partial charge in [0.15, 0.2) is 0 Å². The molecule has 2 N–H and O–H groups in total. The number of hydrogen-bond donors (Lipinski definition) is 2. The van der Waals surface area contributed by atoms with Crippen LogP contribution >= 0.6 is 0 Å². The molecule has 1 heterocycles. The Labute approximate surface area is 104 Å². The Hall–Kier alpha value is -0.610. The van der Waals surface area contributed by atoms with E-state index in [4.69, 9.17) is 0 Å². The van der Waals surface area contributed by atoms with Gasteiger partial charge in [-0.1, -0.05) is 0 Å². The third-order valence-corrected chi connectivity index (χ3v) is 3.78. The van der Waals surface area contributed by atoms with Crippen LogP contribution in [-0.4, -0.2) is 49.6 Å². The van der Waals surface area contributed by atoms with Crippen molar-refractivity contribution in [3.8, 4) is 0 Å². The molecule has 1 amide bonds. The molecule has 0 radical (unpaired) electrons. The van der Waals surface area contributed by atoms with Gasteiger partial charge in [0.05, 0.1) is 0 Å². The molecule has 1 aliphatic carbocycles. The average Bonchev–Trinajstić information content (AvgIpc) is 3.11. The highest BCUT2D eigenvalue weighted by molar-refractivity contribution is 5.72. The van der Waals surface area contributed by atoms with Crippen molar-refractivity contribution in [3.05, 3.63) is 0 Å². The van der Waals surface area contributed by atoms with Crippen LogP contribution in [0.1, 0.15) is 32.6 Å². The molecule has 1 saturated heterocycles. The van der Waals surface area contributed by atoms with Gasteiger partial charge in [-0.2, -0.15) is 0 Å². The van der Waals surface area contributed by atoms with E-state index in [9.17, 15) is 4.79 Å². The molecule has 4 nitrogen and oxygen atoms in total. The molecule has 0 spiro atoms. The average molecular weight is 239 g/mol. The van der Waals surface area contributed by atoms with Crippen molar-refractivity contribution in [1.29, 1.82) is 0 Å². The number of likely N-dealkylation sites (tertiary alicyclic amines) is 1. The van der Waals surface area contributed by atoms with Crippen molar-refractivity contribution in [2.24, 2.45) is 5.92 Å². The number of piperidine rings is 1. The second kappa shape index (κ2) is 6.36. The lowest BCUT2D eigenvalue weighted by Gasteiger charge is -2.32. The van der Waals surface area contributed by atoms with E-state index in [1.54, 1.807) is 6.92 Å². The predicted octanol–water partition coefficient (Wildman–Crippen LogP) is 0.587. The Morgan fingerprint density at radius 2 is 1.94 bits per heavy atom. The fourth-order valence-electron chi connectivity index (χ4n) is 2.41. The molecule has 0 atom stereocenters. The fraction of sp³-hybridized carbons (Fsp3) is 0.923. The first-order chi connectivity index (χ1) is 8.24. The lowest BCUT2D eigenvalue weighted by atomic mass is 10.0. The van der Waals surface area contributed by atoms with E-state index < -0.39 is 0 Å². The molecule has 2 fully saturated rings. The molecule has 0 bridgehead atoms. The van der Waals surface area contributed by atoms with E-state index in [1.165, 1.54) is 45.3 Å². The van der Waals surface area contributed by atoms with Crippen molar-refractivity contribution in [2.75, 3.05) is 32.7 Å². The Bertz CT molecular complexity index is 245. The fourth-order valence-corrected chi connectivity index (χ4v) is 2.41. The minimum Gasteiger partial charge on any atom is -0.355 e. The minimum atomic E-state index is 0.0750. The van der Waals surface area contributed by atoms with Crippen LogP contribution < -0.4 is 10.6 Å². The molecule has 1 saturated carbocycles. The Morgan fingerprint density at radius 1 is 1.24 bits per heavy atom. The molecule has 0 aromatic rings. The van der Waals surface area contributed by atoms with Crippen LogP contribution in [0.15, 0.2) is 0 Å². The van der Waals surface area contributed by atoms with Gasteiger partial charge in [0, 0.05) is 26.1 Å². The van der Waals surface area contributed by atoms with Gasteiger partial charge in [0.1, 0.15) is 0 Å². The molecular weight excluding hydrogens is 214 g/mol. The maximum Gasteiger partial charge on any atom is 0.216 e. The summed E-state index contributed by atoms with van der Waals surface area (Å²) < 4.78 is 0. The first-order valence-corrected chi connectivity index (χ1v) is 6.94. The molecule has 1 aliphatic heterocycles. The molecule has 4 heteroatoms. The van der Waals surface area contributed by atoms with E-state index in [2.05, 4.69) is 15.5 Å². The zero-order valence-electron chi connectivity index (χ0n) is 10.9. The van der Waals surface area contributed by atoms with Crippen LogP contribution in [0.4, 0.5) is 0 Å². The summed E-state index contributed by atoms with van der Waals surface area (Å²) in [7, 11) is 0. The van der Waals surface area contributed by atoms with Crippen LogP contribution in [0.2, 0.25) is 0 Å². The van der Waals surface area contributed by atoms with Gasteiger partial charge in [-0.15, -0.1) is 0 Å². The van der Waals surface area contributed by atoms with Crippen molar-refractivity contribution in [1.82, 2.24) is 15.5 Å². The van der Waals surface area contributed by atoms with Crippen LogP contribution in [-0.2, 0) is 4.79 Å². The number of nitrogens with one attached hydrogen (secondary N) is 2. The maximum atomic E-state index is 10.8. The topological polar surface area (TPSA) is 44.4 Å². The van der Waals surface area contributed by atoms with Crippen molar-refractivity contribution < 1.29 is 4.79 Å². The van der Waals surface area contributed by atoms with Gasteiger partial charge in [-0.3, -0.25) is 4.79 Å². The van der Waals surface area contributed by atoms with E-state index in [-0.39, 0.29) is 5.91 Å². The minimum absolute atomic E-state index is 0.0750. The monoisotopic (exact) mass is 239 g/mol. The van der Waals surface area contributed by atoms with Crippen LogP contribution in [0.25, 0.3) is 0 Å². The predicted molar refractivity (Wildman–Crippen MR) is 68.9 cm³/mol. The van der Waals surface area contributed by atoms with Gasteiger partial charge in [-0.25, -0.2) is 0 Å². The van der Waals surface area contributed by atoms with Gasteiger partial charge < -0.3 is 15.5 Å². The summed E-state index contributed by atoms with van der Waals surface area (Å²) >= 11 is 0. The van der Waals surface area contributed by atoms with E-state index in [0.29, 0.717) is 0 Å². The molecule has 0 aromatic heterocycles. The van der Waals surface area contributed by atoms with E-state index >= 15 is 0 Å². The van der Waals surface area contributed by atoms with Crippen LogP contribution in [0.5, 0.6) is 0 Å². The summed E-state index contributed by atoms with van der Waals surface area (Å²) in [6.45, 7) is 6.93. The third kappa shape index (κ3) is 5.04. The molecule has 98 valence electrons. The van der Waals surface area contributed by atoms with Crippen molar-refractivity contribution >= 4 is 5.91 Å². The summed E-state index contributed by atoms with van der Waals surface area (Å²) in [5.74, 6) is 1.05. The maximum absolute atomic E-state index is 10.8. The smallest absolute Gasteiger partial charge is 0.216 e. The highest BCUT2D eigenvalue weighted by Gasteiger charge is 2.24. The molecule has 0 unspecified atom stereocenters. The Kier molecular flexibility index (Phi) is 4.80. The number of nitrogens with zero attached hydrogens (tertiary/aromatic N) is 1. The van der Waals surface area contributed by atoms with E-state index in [0.717, 1.165) is 25.0 Å². The number of amides is 1. The van der Waals surface area contributed by atoms with Crippen LogP contribution in [0.3, 0.4) is 0 Å². The summed E-state index contributed by atoms with van der Waals surface area (Å²) in [4.78, 5) is 13.2. The zero-order chi connectivity index (χ0) is 12.1. The molecule has 0 aromatic carbocycles. The lowest BCUT2D eigenvalue weighted by Crippen LogP contribution is -2.45. The quantitative estimate of drug-likeness (QED) is 0.713. The third-order valence-electron chi connectivity index (χ3n) is 3.78. The van der Waals surface area contributed by atoms with Gasteiger partial charge in [-0.05, 0) is 51.2 Å². The Morgan fingerprint density at radius 3 is 2.53 bits per heavy atom. The van der Waals surface area contributed by atoms with Crippen molar-refractivity contribution in [3.63, 3.8) is 0 Å². The number of hydrogen-bond acceptors (Lipinski definition) is 3. The largest absolute Gasteiger partial charge is 0.355 e. The molecule has 2 aliphatic rings. The lowest BCUT2D eigenvalue weighted by molar-refractivity contribution is -0.119. The van der Waals surface area contributed by atoms with Crippen molar-refractivity contribution in [2.45, 2.75) is 38.6 Å². The van der Waals surface area contributed by atoms with Crippen LogP contribution in [0, 0.1) is 5.92 Å². The summed E-state index contributed by atoms with van der Waals surface area (Å²) in [6.07, 6.45) is 5.38. The summed E-state index contributed by atoms with van der Waals surface area (Å²) in [6, 6.07) is 0.729. The standard InChI is InChI=1S/C13H25N3O/c1-11(17)14-6-9-16-7-4-13(5-8-16)15-10-12-2-3-12/h12-13,15H,2-10H2,1H3,(H,14,17). The van der Waals surface area contributed by atoms with Gasteiger partial charge in [0.2, 0.25) is 5.91 Å². The number of rotatable bonds is 6. The number of carbonyl (C=O) groups excluding carboxylic acids is 1. The number of carbonyl (C=O) groups is 1. The molecular formula is C13H25N3O. The second-order valence-electron chi connectivity index (χ2n) is 5.45. The summed E-state index contributed by atoms with van der Waals surface area (Å²) in [5, 5.41) is 6.54. The first-order valence-electron chi connectivity index (χ1n) is 6.94.